The van der Waals surface area contributed by atoms with Gasteiger partial charge in [-0.3, -0.25) is 0 Å². The van der Waals surface area contributed by atoms with Crippen LogP contribution >= 0.6 is 11.6 Å². The van der Waals surface area contributed by atoms with E-state index >= 15 is 0 Å². The van der Waals surface area contributed by atoms with E-state index in [0.29, 0.717) is 28.4 Å². The minimum Gasteiger partial charge on any atom is -0.478 e. The predicted octanol–water partition coefficient (Wildman–Crippen LogP) is 5.76. The van der Waals surface area contributed by atoms with Crippen molar-refractivity contribution < 1.29 is 14.3 Å². The van der Waals surface area contributed by atoms with Crippen molar-refractivity contribution in [2.75, 3.05) is 5.32 Å². The molecule has 0 saturated carbocycles. The highest BCUT2D eigenvalue weighted by Crippen LogP contribution is 2.29. The Morgan fingerprint density at radius 2 is 1.85 bits per heavy atom. The summed E-state index contributed by atoms with van der Waals surface area (Å²) in [5.41, 5.74) is 3.20. The fourth-order valence-corrected chi connectivity index (χ4v) is 3.16. The van der Waals surface area contributed by atoms with E-state index in [1.807, 2.05) is 43.3 Å². The van der Waals surface area contributed by atoms with Gasteiger partial charge in [0.15, 0.2) is 0 Å². The van der Waals surface area contributed by atoms with E-state index < -0.39 is 11.8 Å². The molecule has 0 spiro atoms. The van der Waals surface area contributed by atoms with Gasteiger partial charge in [0.05, 0.1) is 5.56 Å². The minimum atomic E-state index is -1.19. The zero-order valence-electron chi connectivity index (χ0n) is 14.1. The highest BCUT2D eigenvalue weighted by atomic mass is 35.5. The third-order valence-electron chi connectivity index (χ3n) is 4.01. The van der Waals surface area contributed by atoms with Crippen molar-refractivity contribution in [1.29, 1.82) is 0 Å². The fourth-order valence-electron chi connectivity index (χ4n) is 2.85. The Balaban J connectivity index is 1.97. The molecule has 3 aromatic carbocycles. The van der Waals surface area contributed by atoms with Crippen molar-refractivity contribution in [3.8, 4) is 11.1 Å². The third kappa shape index (κ3) is 4.03. The van der Waals surface area contributed by atoms with E-state index in [4.69, 9.17) is 11.6 Å². The van der Waals surface area contributed by atoms with E-state index in [1.54, 1.807) is 12.1 Å². The van der Waals surface area contributed by atoms with E-state index in [2.05, 4.69) is 5.32 Å². The van der Waals surface area contributed by atoms with E-state index in [1.165, 1.54) is 6.07 Å². The summed E-state index contributed by atoms with van der Waals surface area (Å²) in [5.74, 6) is -1.76. The molecule has 26 heavy (non-hydrogen) atoms. The number of nitrogens with one attached hydrogen (secondary N) is 1. The molecule has 0 heterocycles. The molecule has 2 N–H and O–H groups in total. The molecule has 0 aromatic heterocycles. The van der Waals surface area contributed by atoms with Gasteiger partial charge in [0.25, 0.3) is 0 Å². The van der Waals surface area contributed by atoms with Crippen LogP contribution in [0.3, 0.4) is 0 Å². The first-order valence-electron chi connectivity index (χ1n) is 8.06. The Morgan fingerprint density at radius 3 is 2.50 bits per heavy atom. The first-order chi connectivity index (χ1) is 12.4. The van der Waals surface area contributed by atoms with Crippen LogP contribution in [0.4, 0.5) is 10.1 Å². The summed E-state index contributed by atoms with van der Waals surface area (Å²) in [6.07, 6.45) is 0. The van der Waals surface area contributed by atoms with Crippen LogP contribution in [0.1, 0.15) is 21.5 Å². The van der Waals surface area contributed by atoms with Crippen LogP contribution in [-0.4, -0.2) is 11.1 Å². The molecule has 0 aliphatic heterocycles. The number of anilines is 1. The highest BCUT2D eigenvalue weighted by Gasteiger charge is 2.16. The summed E-state index contributed by atoms with van der Waals surface area (Å²) >= 11 is 6.07. The summed E-state index contributed by atoms with van der Waals surface area (Å²) < 4.78 is 14.4. The number of carboxylic acid groups (broad SMARTS) is 1. The largest absolute Gasteiger partial charge is 0.478 e. The molecule has 0 saturated heterocycles. The van der Waals surface area contributed by atoms with Crippen LogP contribution in [0.2, 0.25) is 5.02 Å². The van der Waals surface area contributed by atoms with Crippen molar-refractivity contribution in [3.63, 3.8) is 0 Å². The Morgan fingerprint density at radius 1 is 1.12 bits per heavy atom. The van der Waals surface area contributed by atoms with Gasteiger partial charge < -0.3 is 10.4 Å². The number of benzene rings is 3. The van der Waals surface area contributed by atoms with Crippen LogP contribution in [0.15, 0.2) is 60.7 Å². The average Bonchev–Trinajstić information content (AvgIpc) is 2.60. The number of aryl methyl sites for hydroxylation is 1. The van der Waals surface area contributed by atoms with Crippen LogP contribution in [0, 0.1) is 12.7 Å². The van der Waals surface area contributed by atoms with E-state index in [0.717, 1.165) is 17.2 Å². The van der Waals surface area contributed by atoms with Crippen molar-refractivity contribution in [1.82, 2.24) is 0 Å². The first-order valence-corrected chi connectivity index (χ1v) is 8.44. The second-order valence-electron chi connectivity index (χ2n) is 6.04. The Labute approximate surface area is 156 Å². The molecule has 0 bridgehead atoms. The number of aromatic carboxylic acids is 1. The maximum absolute atomic E-state index is 14.4. The molecule has 5 heteroatoms. The van der Waals surface area contributed by atoms with Gasteiger partial charge in [-0.05, 0) is 47.9 Å². The molecule has 0 aliphatic carbocycles. The van der Waals surface area contributed by atoms with Gasteiger partial charge in [-0.1, -0.05) is 48.0 Å². The highest BCUT2D eigenvalue weighted by molar-refractivity contribution is 6.30. The molecule has 0 unspecified atom stereocenters. The topological polar surface area (TPSA) is 49.3 Å². The van der Waals surface area contributed by atoms with E-state index in [9.17, 15) is 14.3 Å². The molecule has 132 valence electrons. The summed E-state index contributed by atoms with van der Waals surface area (Å²) in [7, 11) is 0. The van der Waals surface area contributed by atoms with Crippen molar-refractivity contribution >= 4 is 23.3 Å². The second kappa shape index (κ2) is 7.58. The Bertz CT molecular complexity index is 937. The lowest BCUT2D eigenvalue weighted by Crippen LogP contribution is -2.08. The summed E-state index contributed by atoms with van der Waals surface area (Å²) in [6.45, 7) is 2.31. The predicted molar refractivity (Wildman–Crippen MR) is 102 cm³/mol. The van der Waals surface area contributed by atoms with Gasteiger partial charge in [-0.15, -0.1) is 0 Å². The quantitative estimate of drug-likeness (QED) is 0.600. The van der Waals surface area contributed by atoms with Crippen molar-refractivity contribution in [2.24, 2.45) is 0 Å². The lowest BCUT2D eigenvalue weighted by atomic mass is 10.0. The lowest BCUT2D eigenvalue weighted by Gasteiger charge is -2.14. The molecule has 0 fully saturated rings. The number of halogens is 2. The van der Waals surface area contributed by atoms with Gasteiger partial charge in [0, 0.05) is 22.8 Å². The Hall–Kier alpha value is -2.85. The molecular formula is C21H17ClFNO2. The molecule has 0 radical (unpaired) electrons. The molecule has 3 nitrogen and oxygen atoms in total. The second-order valence-corrected chi connectivity index (χ2v) is 6.48. The SMILES string of the molecule is Cc1cc(Cl)cc(CNc2cc(-c3ccccc3)c(F)cc2C(=O)O)c1. The van der Waals surface area contributed by atoms with Crippen LogP contribution in [0.25, 0.3) is 11.1 Å². The molecular weight excluding hydrogens is 353 g/mol. The number of carboxylic acids is 1. The lowest BCUT2D eigenvalue weighted by molar-refractivity contribution is 0.0697. The zero-order chi connectivity index (χ0) is 18.7. The minimum absolute atomic E-state index is 0.110. The Kier molecular flexibility index (Phi) is 5.24. The molecule has 3 aromatic rings. The summed E-state index contributed by atoms with van der Waals surface area (Å²) in [6, 6.07) is 17.2. The molecule has 0 aliphatic rings. The van der Waals surface area contributed by atoms with Gasteiger partial charge in [0.2, 0.25) is 0 Å². The van der Waals surface area contributed by atoms with Crippen molar-refractivity contribution in [2.45, 2.75) is 13.5 Å². The number of rotatable bonds is 5. The van der Waals surface area contributed by atoms with Gasteiger partial charge in [-0.2, -0.15) is 0 Å². The summed E-state index contributed by atoms with van der Waals surface area (Å²) in [5, 5.41) is 13.1. The third-order valence-corrected chi connectivity index (χ3v) is 4.23. The van der Waals surface area contributed by atoms with Crippen molar-refractivity contribution in [3.05, 3.63) is 88.2 Å². The first kappa shape index (κ1) is 18.0. The van der Waals surface area contributed by atoms with Crippen LogP contribution in [0.5, 0.6) is 0 Å². The number of hydrogen-bond donors (Lipinski definition) is 2. The van der Waals surface area contributed by atoms with Crippen LogP contribution < -0.4 is 5.32 Å². The van der Waals surface area contributed by atoms with Gasteiger partial charge >= 0.3 is 5.97 Å². The normalized spacial score (nSPS) is 10.6. The number of carbonyl (C=O) groups is 1. The maximum atomic E-state index is 14.4. The summed E-state index contributed by atoms with van der Waals surface area (Å²) in [4.78, 5) is 11.5. The average molecular weight is 370 g/mol. The van der Waals surface area contributed by atoms with Gasteiger partial charge in [-0.25, -0.2) is 9.18 Å². The standard InChI is InChI=1S/C21H17ClFNO2/c1-13-7-14(9-16(22)8-13)12-24-20-11-17(15-5-3-2-4-6-15)19(23)10-18(20)21(25)26/h2-11,24H,12H2,1H3,(H,25,26). The molecule has 0 atom stereocenters. The van der Waals surface area contributed by atoms with Crippen LogP contribution in [-0.2, 0) is 6.54 Å². The number of hydrogen-bond acceptors (Lipinski definition) is 2. The molecule has 3 rings (SSSR count). The van der Waals surface area contributed by atoms with Gasteiger partial charge in [0.1, 0.15) is 5.82 Å². The van der Waals surface area contributed by atoms with E-state index in [-0.39, 0.29) is 5.56 Å². The monoisotopic (exact) mass is 369 g/mol. The smallest absolute Gasteiger partial charge is 0.337 e. The molecule has 0 amide bonds. The fraction of sp³-hybridized carbons (Fsp3) is 0.0952. The maximum Gasteiger partial charge on any atom is 0.337 e. The zero-order valence-corrected chi connectivity index (χ0v) is 14.8.